The number of hydrogen-bond acceptors (Lipinski definition) is 7. The minimum atomic E-state index is -0.374. The fourth-order valence-electron chi connectivity index (χ4n) is 5.64. The standard InChI is InChI=1S/C34H28N6O2/c1-21-10-9-11-25(20-21)35-31-33-37-32-29(22(2)38-40(32)26-12-5-4-6-13-26)30(23-16-18-24(19-17-23)34(41)42-3)39(33)28-15-8-7-14-27(28)36-31/h4-20,30H,1-3H3,(H,35,36)/t30-/m1/s1. The maximum Gasteiger partial charge on any atom is 0.337 e. The lowest BCUT2D eigenvalue weighted by molar-refractivity contribution is 0.0600. The fraction of sp³-hybridized carbons (Fsp3) is 0.118. The number of aryl methyl sites for hydroxylation is 2. The third-order valence-electron chi connectivity index (χ3n) is 7.57. The number of para-hydroxylation sites is 3. The van der Waals surface area contributed by atoms with Gasteiger partial charge >= 0.3 is 5.97 Å². The molecule has 0 unspecified atom stereocenters. The summed E-state index contributed by atoms with van der Waals surface area (Å²) in [5.41, 5.74) is 8.08. The Hall–Kier alpha value is -5.50. The highest BCUT2D eigenvalue weighted by atomic mass is 16.5. The number of aliphatic imine (C=N–C) groups is 2. The van der Waals surface area contributed by atoms with E-state index in [0.29, 0.717) is 17.2 Å². The van der Waals surface area contributed by atoms with Crippen LogP contribution in [0.1, 0.15) is 38.8 Å². The van der Waals surface area contributed by atoms with Crippen LogP contribution in [0.2, 0.25) is 0 Å². The van der Waals surface area contributed by atoms with Gasteiger partial charge in [0.25, 0.3) is 0 Å². The van der Waals surface area contributed by atoms with Crippen molar-refractivity contribution in [2.75, 3.05) is 17.3 Å². The van der Waals surface area contributed by atoms with Gasteiger partial charge in [-0.25, -0.2) is 19.5 Å². The van der Waals surface area contributed by atoms with Crippen LogP contribution in [-0.2, 0) is 4.74 Å². The monoisotopic (exact) mass is 552 g/mol. The van der Waals surface area contributed by atoms with E-state index in [1.54, 1.807) is 12.1 Å². The lowest BCUT2D eigenvalue weighted by atomic mass is 9.92. The molecule has 0 saturated carbocycles. The van der Waals surface area contributed by atoms with Crippen LogP contribution in [0.15, 0.2) is 113 Å². The van der Waals surface area contributed by atoms with Crippen LogP contribution < -0.4 is 10.2 Å². The number of fused-ring (bicyclic) bond motifs is 4. The summed E-state index contributed by atoms with van der Waals surface area (Å²) in [7, 11) is 1.39. The maximum absolute atomic E-state index is 12.3. The Morgan fingerprint density at radius 1 is 0.857 bits per heavy atom. The number of nitrogens with one attached hydrogen (secondary N) is 1. The van der Waals surface area contributed by atoms with Crippen molar-refractivity contribution in [3.63, 3.8) is 0 Å². The van der Waals surface area contributed by atoms with Gasteiger partial charge in [-0.1, -0.05) is 54.6 Å². The summed E-state index contributed by atoms with van der Waals surface area (Å²) in [5.74, 6) is 1.69. The lowest BCUT2D eigenvalue weighted by Crippen LogP contribution is -2.46. The first-order chi connectivity index (χ1) is 20.5. The van der Waals surface area contributed by atoms with Crippen LogP contribution in [-0.4, -0.2) is 34.5 Å². The number of ether oxygens (including phenoxy) is 1. The van der Waals surface area contributed by atoms with Gasteiger partial charge in [-0.3, -0.25) is 0 Å². The number of amidine groups is 2. The van der Waals surface area contributed by atoms with Crippen molar-refractivity contribution in [2.24, 2.45) is 9.98 Å². The van der Waals surface area contributed by atoms with Gasteiger partial charge in [0.2, 0.25) is 0 Å². The Morgan fingerprint density at radius 3 is 2.38 bits per heavy atom. The van der Waals surface area contributed by atoms with Gasteiger partial charge < -0.3 is 15.0 Å². The molecule has 2 aliphatic heterocycles. The molecular formula is C34H28N6O2. The lowest BCUT2D eigenvalue weighted by Gasteiger charge is -2.40. The molecule has 206 valence electrons. The number of hydrogen-bond donors (Lipinski definition) is 1. The molecule has 1 aromatic heterocycles. The molecule has 1 N–H and O–H groups in total. The third-order valence-corrected chi connectivity index (χ3v) is 7.57. The van der Waals surface area contributed by atoms with Crippen LogP contribution >= 0.6 is 0 Å². The first-order valence-electron chi connectivity index (χ1n) is 13.7. The first kappa shape index (κ1) is 25.5. The van der Waals surface area contributed by atoms with Gasteiger partial charge in [0, 0.05) is 11.3 Å². The average Bonchev–Trinajstić information content (AvgIpc) is 3.36. The highest BCUT2D eigenvalue weighted by Crippen LogP contribution is 2.48. The number of benzene rings is 4. The van der Waals surface area contributed by atoms with Gasteiger partial charge in [0.05, 0.1) is 41.5 Å². The van der Waals surface area contributed by atoms with E-state index in [0.717, 1.165) is 51.0 Å². The number of nitrogens with zero attached hydrogens (tertiary/aromatic N) is 5. The molecule has 5 aromatic rings. The van der Waals surface area contributed by atoms with Crippen molar-refractivity contribution in [3.8, 4) is 5.69 Å². The number of esters is 1. The van der Waals surface area contributed by atoms with Crippen LogP contribution in [0.3, 0.4) is 0 Å². The minimum Gasteiger partial charge on any atom is -0.465 e. The summed E-state index contributed by atoms with van der Waals surface area (Å²) in [4.78, 5) is 24.8. The number of anilines is 2. The summed E-state index contributed by atoms with van der Waals surface area (Å²) < 4.78 is 6.85. The smallest absolute Gasteiger partial charge is 0.337 e. The molecule has 0 fully saturated rings. The van der Waals surface area contributed by atoms with E-state index in [-0.39, 0.29) is 12.0 Å². The summed E-state index contributed by atoms with van der Waals surface area (Å²) in [6.45, 7) is 4.08. The third kappa shape index (κ3) is 4.25. The Morgan fingerprint density at radius 2 is 1.62 bits per heavy atom. The van der Waals surface area contributed by atoms with E-state index >= 15 is 0 Å². The molecule has 0 amide bonds. The second-order valence-electron chi connectivity index (χ2n) is 10.3. The minimum absolute atomic E-state index is 0.289. The van der Waals surface area contributed by atoms with Gasteiger partial charge in [0.1, 0.15) is 0 Å². The second kappa shape index (κ2) is 10.2. The highest BCUT2D eigenvalue weighted by Gasteiger charge is 2.41. The van der Waals surface area contributed by atoms with Crippen LogP contribution in [0.25, 0.3) is 5.69 Å². The van der Waals surface area contributed by atoms with E-state index in [1.165, 1.54) is 7.11 Å². The predicted octanol–water partition coefficient (Wildman–Crippen LogP) is 7.07. The van der Waals surface area contributed by atoms with Crippen molar-refractivity contribution in [1.82, 2.24) is 9.78 Å². The van der Waals surface area contributed by atoms with Crippen molar-refractivity contribution >= 4 is 40.5 Å². The van der Waals surface area contributed by atoms with Crippen LogP contribution in [0.5, 0.6) is 0 Å². The summed E-state index contributed by atoms with van der Waals surface area (Å²) in [6.07, 6.45) is 0. The highest BCUT2D eigenvalue weighted by molar-refractivity contribution is 6.51. The van der Waals surface area contributed by atoms with Crippen LogP contribution in [0, 0.1) is 13.8 Å². The number of methoxy groups -OCH3 is 1. The van der Waals surface area contributed by atoms with Gasteiger partial charge in [-0.2, -0.15) is 5.10 Å². The molecule has 8 nitrogen and oxygen atoms in total. The molecule has 7 rings (SSSR count). The first-order valence-corrected chi connectivity index (χ1v) is 13.7. The topological polar surface area (TPSA) is 84.1 Å². The Kier molecular flexibility index (Phi) is 6.16. The normalized spacial score (nSPS) is 15.1. The van der Waals surface area contributed by atoms with Crippen molar-refractivity contribution in [2.45, 2.75) is 19.9 Å². The SMILES string of the molecule is COC(=O)c1ccc([C@@H]2c3c(C)nn(-c4ccccc4)c3N=C3C(Nc4cccc(C)c4)=Nc4ccccc4N32)cc1. The largest absolute Gasteiger partial charge is 0.465 e. The molecule has 1 atom stereocenters. The number of carbonyl (C=O) groups is 1. The molecular weight excluding hydrogens is 524 g/mol. The van der Waals surface area contributed by atoms with E-state index in [2.05, 4.69) is 35.3 Å². The van der Waals surface area contributed by atoms with Gasteiger partial charge in [-0.15, -0.1) is 0 Å². The van der Waals surface area contributed by atoms with Crippen molar-refractivity contribution in [3.05, 3.63) is 131 Å². The molecule has 4 aromatic carbocycles. The Labute approximate surface area is 243 Å². The second-order valence-corrected chi connectivity index (χ2v) is 10.3. The molecule has 3 heterocycles. The molecule has 0 radical (unpaired) electrons. The zero-order valence-corrected chi connectivity index (χ0v) is 23.4. The van der Waals surface area contributed by atoms with E-state index in [9.17, 15) is 4.79 Å². The fourth-order valence-corrected chi connectivity index (χ4v) is 5.64. The molecule has 0 aliphatic carbocycles. The summed E-state index contributed by atoms with van der Waals surface area (Å²) >= 11 is 0. The number of carbonyl (C=O) groups excluding carboxylic acids is 1. The molecule has 0 spiro atoms. The summed E-state index contributed by atoms with van der Waals surface area (Å²) in [6, 6.07) is 33.6. The quantitative estimate of drug-likeness (QED) is 0.241. The van der Waals surface area contributed by atoms with Gasteiger partial charge in [-0.05, 0) is 73.5 Å². The number of aromatic nitrogens is 2. The van der Waals surface area contributed by atoms with E-state index in [4.69, 9.17) is 19.8 Å². The zero-order valence-electron chi connectivity index (χ0n) is 23.4. The maximum atomic E-state index is 12.3. The molecule has 8 heteroatoms. The molecule has 2 aliphatic rings. The average molecular weight is 553 g/mol. The zero-order chi connectivity index (χ0) is 28.8. The molecule has 42 heavy (non-hydrogen) atoms. The van der Waals surface area contributed by atoms with Crippen molar-refractivity contribution < 1.29 is 9.53 Å². The predicted molar refractivity (Wildman–Crippen MR) is 166 cm³/mol. The van der Waals surface area contributed by atoms with Crippen LogP contribution in [0.4, 0.5) is 22.9 Å². The van der Waals surface area contributed by atoms with E-state index < -0.39 is 0 Å². The summed E-state index contributed by atoms with van der Waals surface area (Å²) in [5, 5.41) is 8.53. The molecule has 0 saturated heterocycles. The van der Waals surface area contributed by atoms with Gasteiger partial charge in [0.15, 0.2) is 17.5 Å². The van der Waals surface area contributed by atoms with E-state index in [1.807, 2.05) is 84.4 Å². The van der Waals surface area contributed by atoms with Crippen molar-refractivity contribution in [1.29, 1.82) is 0 Å². The molecule has 0 bridgehead atoms. The number of rotatable bonds is 4. The Bertz CT molecular complexity index is 1890. The Balaban J connectivity index is 1.47.